The maximum Gasteiger partial charge on any atom is 0.258 e. The second-order valence-electron chi connectivity index (χ2n) is 8.85. The molecule has 2 N–H and O–H groups in total. The quantitative estimate of drug-likeness (QED) is 0.468. The van der Waals surface area contributed by atoms with Crippen LogP contribution in [0.15, 0.2) is 89.3 Å². The van der Waals surface area contributed by atoms with Crippen LogP contribution in [0.4, 0.5) is 4.39 Å². The fraction of sp³-hybridized carbons (Fsp3) is 0.179. The Kier molecular flexibility index (Phi) is 7.00. The van der Waals surface area contributed by atoms with Crippen LogP contribution in [0.2, 0.25) is 0 Å². The first-order valence-electron chi connectivity index (χ1n) is 11.3. The predicted octanol–water partition coefficient (Wildman–Crippen LogP) is 5.11. The highest BCUT2D eigenvalue weighted by molar-refractivity contribution is 7.89. The Bertz CT molecular complexity index is 1390. The van der Waals surface area contributed by atoms with Gasteiger partial charge in [-0.2, -0.15) is 0 Å². The molecule has 7 heteroatoms. The van der Waals surface area contributed by atoms with E-state index >= 15 is 0 Å². The topological polar surface area (TPSA) is 80.5 Å². The molecule has 0 aromatic heterocycles. The molecule has 0 saturated carbocycles. The molecule has 5 nitrogen and oxygen atoms in total. The Morgan fingerprint density at radius 1 is 0.943 bits per heavy atom. The van der Waals surface area contributed by atoms with E-state index in [4.69, 9.17) is 5.14 Å². The molecule has 1 amide bonds. The average Bonchev–Trinajstić information content (AvgIpc) is 3.14. The molecule has 0 bridgehead atoms. The maximum absolute atomic E-state index is 13.4. The minimum atomic E-state index is -3.76. The van der Waals surface area contributed by atoms with Crippen molar-refractivity contribution < 1.29 is 17.6 Å². The number of nitrogens with two attached hydrogens (primary N) is 1. The van der Waals surface area contributed by atoms with E-state index < -0.39 is 10.0 Å². The Morgan fingerprint density at radius 3 is 2.14 bits per heavy atom. The van der Waals surface area contributed by atoms with Crippen molar-refractivity contribution in [2.45, 2.75) is 31.1 Å². The third kappa shape index (κ3) is 5.75. The van der Waals surface area contributed by atoms with E-state index in [2.05, 4.69) is 26.0 Å². The van der Waals surface area contributed by atoms with Crippen molar-refractivity contribution in [2.24, 2.45) is 5.14 Å². The number of halogens is 1. The van der Waals surface area contributed by atoms with Gasteiger partial charge in [-0.3, -0.25) is 4.79 Å². The number of benzene rings is 3. The lowest BCUT2D eigenvalue weighted by atomic mass is 10.0. The number of carbonyl (C=O) groups is 1. The highest BCUT2D eigenvalue weighted by Crippen LogP contribution is 2.32. The molecule has 4 rings (SSSR count). The largest absolute Gasteiger partial charge is 0.307 e. The number of sulfonamides is 1. The molecule has 35 heavy (non-hydrogen) atoms. The summed E-state index contributed by atoms with van der Waals surface area (Å²) in [5.41, 5.74) is 5.07. The Morgan fingerprint density at radius 2 is 1.57 bits per heavy atom. The van der Waals surface area contributed by atoms with Gasteiger partial charge in [0.25, 0.3) is 5.91 Å². The number of amides is 1. The standard InChI is InChI=1S/C28H27FN2O3S/c1-19(2)22-7-9-23(10-8-22)27-18-24(17-21-3-11-25(29)12-4-21)28(32)31(27)16-15-20-5-13-26(14-6-20)35(30,33)34/h3-14,17-19H,15-16H2,1-2H3,(H2,30,33,34)/b24-17+. The molecule has 3 aromatic carbocycles. The van der Waals surface area contributed by atoms with Gasteiger partial charge in [0, 0.05) is 12.1 Å². The van der Waals surface area contributed by atoms with Crippen LogP contribution in [-0.4, -0.2) is 25.8 Å². The van der Waals surface area contributed by atoms with Crippen molar-refractivity contribution in [3.63, 3.8) is 0 Å². The van der Waals surface area contributed by atoms with Crippen LogP contribution < -0.4 is 5.14 Å². The van der Waals surface area contributed by atoms with Gasteiger partial charge in [-0.05, 0) is 71.0 Å². The molecule has 1 heterocycles. The Hall–Kier alpha value is -3.55. The summed E-state index contributed by atoms with van der Waals surface area (Å²) in [5, 5.41) is 5.18. The Balaban J connectivity index is 1.63. The molecule has 0 radical (unpaired) electrons. The monoisotopic (exact) mass is 490 g/mol. The number of nitrogens with zero attached hydrogens (tertiary/aromatic N) is 1. The van der Waals surface area contributed by atoms with Gasteiger partial charge in [0.2, 0.25) is 10.0 Å². The lowest BCUT2D eigenvalue weighted by Crippen LogP contribution is -2.27. The maximum atomic E-state index is 13.4. The highest BCUT2D eigenvalue weighted by atomic mass is 32.2. The van der Waals surface area contributed by atoms with Gasteiger partial charge in [-0.1, -0.05) is 62.4 Å². The first-order valence-corrected chi connectivity index (χ1v) is 12.9. The summed E-state index contributed by atoms with van der Waals surface area (Å²) >= 11 is 0. The van der Waals surface area contributed by atoms with E-state index in [0.717, 1.165) is 22.4 Å². The molecule has 0 saturated heterocycles. The molecule has 0 fully saturated rings. The van der Waals surface area contributed by atoms with E-state index in [1.54, 1.807) is 35.2 Å². The summed E-state index contributed by atoms with van der Waals surface area (Å²) in [6, 6.07) is 20.5. The summed E-state index contributed by atoms with van der Waals surface area (Å²) < 4.78 is 36.3. The van der Waals surface area contributed by atoms with Crippen molar-refractivity contribution in [3.8, 4) is 0 Å². The third-order valence-electron chi connectivity index (χ3n) is 6.02. The van der Waals surface area contributed by atoms with Crippen LogP contribution >= 0.6 is 0 Å². The van der Waals surface area contributed by atoms with Crippen molar-refractivity contribution in [1.29, 1.82) is 0 Å². The zero-order chi connectivity index (χ0) is 25.2. The molecule has 180 valence electrons. The molecule has 0 atom stereocenters. The second kappa shape index (κ2) is 9.98. The van der Waals surface area contributed by atoms with E-state index in [-0.39, 0.29) is 16.6 Å². The first kappa shape index (κ1) is 24.6. The molecule has 1 aliphatic heterocycles. The van der Waals surface area contributed by atoms with Crippen molar-refractivity contribution in [3.05, 3.63) is 113 Å². The van der Waals surface area contributed by atoms with Gasteiger partial charge in [0.15, 0.2) is 0 Å². The summed E-state index contributed by atoms with van der Waals surface area (Å²) in [7, 11) is -3.76. The van der Waals surface area contributed by atoms with Crippen LogP contribution in [0.25, 0.3) is 11.8 Å². The van der Waals surface area contributed by atoms with Crippen molar-refractivity contribution in [2.75, 3.05) is 6.54 Å². The average molecular weight is 491 g/mol. The van der Waals surface area contributed by atoms with E-state index in [1.165, 1.54) is 29.8 Å². The molecular formula is C28H27FN2O3S. The normalized spacial score (nSPS) is 15.2. The lowest BCUT2D eigenvalue weighted by molar-refractivity contribution is -0.122. The fourth-order valence-corrected chi connectivity index (χ4v) is 4.50. The molecular weight excluding hydrogens is 463 g/mol. The number of primary sulfonamides is 1. The zero-order valence-electron chi connectivity index (χ0n) is 19.6. The van der Waals surface area contributed by atoms with Gasteiger partial charge in [-0.25, -0.2) is 17.9 Å². The van der Waals surface area contributed by atoms with Crippen LogP contribution in [0.3, 0.4) is 0 Å². The third-order valence-corrected chi connectivity index (χ3v) is 6.95. The highest BCUT2D eigenvalue weighted by Gasteiger charge is 2.28. The van der Waals surface area contributed by atoms with E-state index in [1.807, 2.05) is 18.2 Å². The van der Waals surface area contributed by atoms with E-state index in [0.29, 0.717) is 24.5 Å². The number of rotatable bonds is 7. The lowest BCUT2D eigenvalue weighted by Gasteiger charge is -2.21. The minimum absolute atomic E-state index is 0.0499. The minimum Gasteiger partial charge on any atom is -0.307 e. The second-order valence-corrected chi connectivity index (χ2v) is 10.4. The van der Waals surface area contributed by atoms with Gasteiger partial charge < -0.3 is 4.90 Å². The summed E-state index contributed by atoms with van der Waals surface area (Å²) in [6.45, 7) is 4.67. The molecule has 1 aliphatic rings. The van der Waals surface area contributed by atoms with Gasteiger partial charge in [0.1, 0.15) is 5.82 Å². The van der Waals surface area contributed by atoms with Crippen LogP contribution in [0.1, 0.15) is 42.0 Å². The first-order chi connectivity index (χ1) is 16.6. The smallest absolute Gasteiger partial charge is 0.258 e. The molecule has 0 aliphatic carbocycles. The van der Waals surface area contributed by atoms with Gasteiger partial charge in [-0.15, -0.1) is 0 Å². The summed E-state index contributed by atoms with van der Waals surface area (Å²) in [5.74, 6) is -0.0755. The zero-order valence-corrected chi connectivity index (χ0v) is 20.4. The van der Waals surface area contributed by atoms with Crippen molar-refractivity contribution >= 4 is 27.7 Å². The number of carbonyl (C=O) groups excluding carboxylic acids is 1. The number of hydrogen-bond acceptors (Lipinski definition) is 3. The Labute approximate surface area is 205 Å². The molecule has 0 unspecified atom stereocenters. The van der Waals surface area contributed by atoms with Gasteiger partial charge in [0.05, 0.1) is 10.6 Å². The van der Waals surface area contributed by atoms with E-state index in [9.17, 15) is 17.6 Å². The predicted molar refractivity (Wildman–Crippen MR) is 136 cm³/mol. The van der Waals surface area contributed by atoms with Gasteiger partial charge >= 0.3 is 0 Å². The molecule has 0 spiro atoms. The van der Waals surface area contributed by atoms with Crippen LogP contribution in [0.5, 0.6) is 0 Å². The SMILES string of the molecule is CC(C)c1ccc(C2=C/C(=C\c3ccc(F)cc3)C(=O)N2CCc2ccc(S(N)(=O)=O)cc2)cc1. The fourth-order valence-electron chi connectivity index (χ4n) is 3.98. The van der Waals surface area contributed by atoms with Crippen molar-refractivity contribution in [1.82, 2.24) is 4.90 Å². The van der Waals surface area contributed by atoms with Crippen LogP contribution in [0, 0.1) is 5.82 Å². The number of hydrogen-bond donors (Lipinski definition) is 1. The summed E-state index contributed by atoms with van der Waals surface area (Å²) in [4.78, 5) is 15.2. The van der Waals surface area contributed by atoms with Crippen LogP contribution in [-0.2, 0) is 21.2 Å². The molecule has 3 aromatic rings. The summed E-state index contributed by atoms with van der Waals surface area (Å²) in [6.07, 6.45) is 4.15.